The lowest BCUT2D eigenvalue weighted by Gasteiger charge is -2.32. The Hall–Kier alpha value is -2.38. The van der Waals surface area contributed by atoms with Gasteiger partial charge < -0.3 is 19.9 Å². The van der Waals surface area contributed by atoms with Crippen LogP contribution >= 0.6 is 0 Å². The molecular weight excluding hydrogens is 329 g/mol. The number of aryl methyl sites for hydroxylation is 1. The zero-order valence-electron chi connectivity index (χ0n) is 15.8. The van der Waals surface area contributed by atoms with Crippen molar-refractivity contribution in [3.63, 3.8) is 0 Å². The van der Waals surface area contributed by atoms with Gasteiger partial charge in [0, 0.05) is 11.9 Å². The molecule has 1 saturated heterocycles. The molecule has 0 bridgehead atoms. The summed E-state index contributed by atoms with van der Waals surface area (Å²) in [5.41, 5.74) is 2.31. The number of urea groups is 1. The molecule has 0 spiro atoms. The molecule has 7 heteroatoms. The second kappa shape index (κ2) is 6.74. The molecule has 3 rings (SSSR count). The first-order chi connectivity index (χ1) is 12.2. The predicted octanol–water partition coefficient (Wildman–Crippen LogP) is 3.33. The second-order valence-electron chi connectivity index (χ2n) is 7.51. The molecule has 2 heterocycles. The van der Waals surface area contributed by atoms with Crippen molar-refractivity contribution in [2.24, 2.45) is 0 Å². The first-order valence-electron chi connectivity index (χ1n) is 8.62. The maximum Gasteiger partial charge on any atom is 0.514 e. The highest BCUT2D eigenvalue weighted by molar-refractivity contribution is 6.61. The van der Waals surface area contributed by atoms with Crippen molar-refractivity contribution >= 4 is 30.1 Å². The third kappa shape index (κ3) is 3.89. The lowest BCUT2D eigenvalue weighted by molar-refractivity contribution is 0.00578. The average molecular weight is 353 g/mol. The van der Waals surface area contributed by atoms with Gasteiger partial charge in [-0.1, -0.05) is 17.7 Å². The summed E-state index contributed by atoms with van der Waals surface area (Å²) in [5.74, 6) is 0. The third-order valence-corrected chi connectivity index (χ3v) is 4.85. The fraction of sp³-hybridized carbons (Fsp3) is 0.368. The summed E-state index contributed by atoms with van der Waals surface area (Å²) in [4.78, 5) is 16.4. The fourth-order valence-corrected chi connectivity index (χ4v) is 2.51. The molecule has 2 aromatic rings. The molecule has 1 aromatic heterocycles. The zero-order valence-corrected chi connectivity index (χ0v) is 15.8. The minimum absolute atomic E-state index is 0.320. The van der Waals surface area contributed by atoms with Gasteiger partial charge in [-0.2, -0.15) is 0 Å². The summed E-state index contributed by atoms with van der Waals surface area (Å²) < 4.78 is 12.0. The molecule has 1 aliphatic rings. The van der Waals surface area contributed by atoms with E-state index >= 15 is 0 Å². The number of carbonyl (C=O) groups excluding carboxylic acids is 1. The summed E-state index contributed by atoms with van der Waals surface area (Å²) >= 11 is 0. The van der Waals surface area contributed by atoms with E-state index < -0.39 is 18.3 Å². The molecule has 1 aliphatic heterocycles. The molecule has 0 radical (unpaired) electrons. The van der Waals surface area contributed by atoms with Crippen LogP contribution in [0.4, 0.5) is 16.2 Å². The molecule has 2 amide bonds. The number of nitrogens with one attached hydrogen (secondary N) is 2. The Labute approximate surface area is 154 Å². The maximum absolute atomic E-state index is 12.1. The van der Waals surface area contributed by atoms with Crippen LogP contribution in [0.15, 0.2) is 42.6 Å². The van der Waals surface area contributed by atoms with Crippen molar-refractivity contribution < 1.29 is 14.1 Å². The van der Waals surface area contributed by atoms with E-state index in [9.17, 15) is 4.79 Å². The third-order valence-electron chi connectivity index (χ3n) is 4.85. The molecule has 0 saturated carbocycles. The van der Waals surface area contributed by atoms with Gasteiger partial charge in [0.1, 0.15) is 0 Å². The highest BCUT2D eigenvalue weighted by atomic mass is 16.7. The number of hydrogen-bond donors (Lipinski definition) is 2. The normalized spacial score (nSPS) is 17.8. The molecule has 6 nitrogen and oxygen atoms in total. The Morgan fingerprint density at radius 1 is 0.923 bits per heavy atom. The Kier molecular flexibility index (Phi) is 4.77. The van der Waals surface area contributed by atoms with Crippen LogP contribution in [0.3, 0.4) is 0 Å². The number of anilines is 2. The van der Waals surface area contributed by atoms with Crippen molar-refractivity contribution in [2.45, 2.75) is 45.8 Å². The van der Waals surface area contributed by atoms with E-state index in [1.807, 2.05) is 58.9 Å². The summed E-state index contributed by atoms with van der Waals surface area (Å²) in [6.45, 7) is 9.99. The summed E-state index contributed by atoms with van der Waals surface area (Å²) in [6, 6.07) is 10.8. The van der Waals surface area contributed by atoms with E-state index in [1.165, 1.54) is 0 Å². The lowest BCUT2D eigenvalue weighted by atomic mass is 9.84. The van der Waals surface area contributed by atoms with Gasteiger partial charge in [-0.05, 0) is 58.9 Å². The molecule has 1 fully saturated rings. The number of hydrogen-bond acceptors (Lipinski definition) is 4. The lowest BCUT2D eigenvalue weighted by Crippen LogP contribution is -2.41. The van der Waals surface area contributed by atoms with E-state index in [0.29, 0.717) is 11.3 Å². The van der Waals surface area contributed by atoms with Crippen LogP contribution in [0.5, 0.6) is 0 Å². The first kappa shape index (κ1) is 18.4. The van der Waals surface area contributed by atoms with Crippen LogP contribution in [0, 0.1) is 6.92 Å². The number of aromatic nitrogens is 1. The number of amides is 2. The SMILES string of the molecule is Cc1ccc(NC(=O)Nc2ccc(B3OC(C)(C)C(C)(C)O3)nc2)cc1. The molecule has 0 aliphatic carbocycles. The van der Waals surface area contributed by atoms with Crippen molar-refractivity contribution in [3.8, 4) is 0 Å². The number of rotatable bonds is 3. The Morgan fingerprint density at radius 2 is 1.46 bits per heavy atom. The van der Waals surface area contributed by atoms with Crippen molar-refractivity contribution in [3.05, 3.63) is 48.2 Å². The minimum atomic E-state index is -0.518. The maximum atomic E-state index is 12.1. The molecule has 26 heavy (non-hydrogen) atoms. The van der Waals surface area contributed by atoms with Crippen molar-refractivity contribution in [1.82, 2.24) is 4.98 Å². The average Bonchev–Trinajstić information content (AvgIpc) is 2.78. The van der Waals surface area contributed by atoms with Gasteiger partial charge in [0.15, 0.2) is 0 Å². The summed E-state index contributed by atoms with van der Waals surface area (Å²) in [7, 11) is -0.518. The van der Waals surface area contributed by atoms with Crippen LogP contribution < -0.4 is 16.2 Å². The van der Waals surface area contributed by atoms with Crippen LogP contribution in [0.2, 0.25) is 0 Å². The van der Waals surface area contributed by atoms with Gasteiger partial charge in [0.05, 0.1) is 22.5 Å². The van der Waals surface area contributed by atoms with Gasteiger partial charge in [-0.3, -0.25) is 4.98 Å². The molecule has 2 N–H and O–H groups in total. The predicted molar refractivity (Wildman–Crippen MR) is 104 cm³/mol. The summed E-state index contributed by atoms with van der Waals surface area (Å²) in [6.07, 6.45) is 1.59. The van der Waals surface area contributed by atoms with Gasteiger partial charge in [0.2, 0.25) is 0 Å². The highest BCUT2D eigenvalue weighted by Crippen LogP contribution is 2.36. The second-order valence-corrected chi connectivity index (χ2v) is 7.51. The van der Waals surface area contributed by atoms with Crippen molar-refractivity contribution in [1.29, 1.82) is 0 Å². The first-order valence-corrected chi connectivity index (χ1v) is 8.62. The van der Waals surface area contributed by atoms with E-state index in [4.69, 9.17) is 9.31 Å². The van der Waals surface area contributed by atoms with Gasteiger partial charge in [-0.25, -0.2) is 4.79 Å². The van der Waals surface area contributed by atoms with Gasteiger partial charge in [0.25, 0.3) is 0 Å². The highest BCUT2D eigenvalue weighted by Gasteiger charge is 2.52. The largest absolute Gasteiger partial charge is 0.514 e. The standard InChI is InChI=1S/C19H24BN3O3/c1-13-6-8-14(9-7-13)22-17(24)23-15-10-11-16(21-12-15)20-25-18(2,3)19(4,5)26-20/h6-12H,1-5H3,(H2,22,23,24). The number of nitrogens with zero attached hydrogens (tertiary/aromatic N) is 1. The molecular formula is C19H24BN3O3. The minimum Gasteiger partial charge on any atom is -0.398 e. The fourth-order valence-electron chi connectivity index (χ4n) is 2.51. The van der Waals surface area contributed by atoms with E-state index in [2.05, 4.69) is 15.6 Å². The zero-order chi connectivity index (χ0) is 18.9. The molecule has 136 valence electrons. The van der Waals surface area contributed by atoms with E-state index in [1.54, 1.807) is 18.3 Å². The smallest absolute Gasteiger partial charge is 0.398 e. The monoisotopic (exact) mass is 353 g/mol. The Bertz CT molecular complexity index is 773. The number of carbonyl (C=O) groups is 1. The quantitative estimate of drug-likeness (QED) is 0.831. The van der Waals surface area contributed by atoms with E-state index in [0.717, 1.165) is 11.3 Å². The van der Waals surface area contributed by atoms with Crippen LogP contribution in [0.25, 0.3) is 0 Å². The number of benzene rings is 1. The van der Waals surface area contributed by atoms with Gasteiger partial charge in [-0.15, -0.1) is 0 Å². The van der Waals surface area contributed by atoms with E-state index in [-0.39, 0.29) is 6.03 Å². The van der Waals surface area contributed by atoms with Crippen LogP contribution in [-0.4, -0.2) is 29.3 Å². The van der Waals surface area contributed by atoms with Crippen LogP contribution in [0.1, 0.15) is 33.3 Å². The Morgan fingerprint density at radius 3 is 2.00 bits per heavy atom. The molecule has 0 unspecified atom stereocenters. The summed E-state index contributed by atoms with van der Waals surface area (Å²) in [5, 5.41) is 5.54. The number of pyridine rings is 1. The topological polar surface area (TPSA) is 72.5 Å². The van der Waals surface area contributed by atoms with Gasteiger partial charge >= 0.3 is 13.1 Å². The Balaban J connectivity index is 1.61. The van der Waals surface area contributed by atoms with Crippen molar-refractivity contribution in [2.75, 3.05) is 10.6 Å². The molecule has 0 atom stereocenters. The van der Waals surface area contributed by atoms with Crippen LogP contribution in [-0.2, 0) is 9.31 Å². The molecule has 1 aromatic carbocycles.